The molecule has 20 heavy (non-hydrogen) atoms. The Balaban J connectivity index is 1.95. The summed E-state index contributed by atoms with van der Waals surface area (Å²) in [5.74, 6) is 0.920. The molecule has 0 amide bonds. The van der Waals surface area contributed by atoms with Gasteiger partial charge in [-0.2, -0.15) is 5.10 Å². The van der Waals surface area contributed by atoms with E-state index in [1.54, 1.807) is 0 Å². The SMILES string of the molecule is CCCOc1ccc(NC(C)c2cnn(CC)c2)cc1. The number of rotatable bonds is 7. The normalized spacial score (nSPS) is 12.2. The number of nitrogens with zero attached hydrogens (tertiary/aromatic N) is 2. The first-order valence-corrected chi connectivity index (χ1v) is 7.24. The zero-order chi connectivity index (χ0) is 14.4. The van der Waals surface area contributed by atoms with E-state index >= 15 is 0 Å². The van der Waals surface area contributed by atoms with Crippen molar-refractivity contribution in [1.29, 1.82) is 0 Å². The van der Waals surface area contributed by atoms with Gasteiger partial charge in [0.25, 0.3) is 0 Å². The summed E-state index contributed by atoms with van der Waals surface area (Å²) in [6, 6.07) is 8.33. The van der Waals surface area contributed by atoms with E-state index < -0.39 is 0 Å². The fourth-order valence-electron chi connectivity index (χ4n) is 1.98. The van der Waals surface area contributed by atoms with Crippen LogP contribution in [0.4, 0.5) is 5.69 Å². The minimum Gasteiger partial charge on any atom is -0.494 e. The third kappa shape index (κ3) is 3.76. The smallest absolute Gasteiger partial charge is 0.119 e. The Kier molecular flexibility index (Phi) is 5.04. The highest BCUT2D eigenvalue weighted by atomic mass is 16.5. The fraction of sp³-hybridized carbons (Fsp3) is 0.438. The van der Waals surface area contributed by atoms with Crippen molar-refractivity contribution in [3.05, 3.63) is 42.2 Å². The molecular weight excluding hydrogens is 250 g/mol. The first kappa shape index (κ1) is 14.4. The zero-order valence-corrected chi connectivity index (χ0v) is 12.5. The lowest BCUT2D eigenvalue weighted by molar-refractivity contribution is 0.317. The first-order chi connectivity index (χ1) is 9.72. The molecule has 1 N–H and O–H groups in total. The van der Waals surface area contributed by atoms with Crippen LogP contribution in [0.5, 0.6) is 5.75 Å². The molecule has 4 nitrogen and oxygen atoms in total. The average Bonchev–Trinajstić information content (AvgIpc) is 2.95. The van der Waals surface area contributed by atoms with Crippen LogP contribution in [0.15, 0.2) is 36.7 Å². The van der Waals surface area contributed by atoms with Crippen LogP contribution in [-0.2, 0) is 6.54 Å². The number of nitrogens with one attached hydrogen (secondary N) is 1. The Labute approximate surface area is 120 Å². The molecule has 0 bridgehead atoms. The highest BCUT2D eigenvalue weighted by molar-refractivity contribution is 5.47. The van der Waals surface area contributed by atoms with Crippen LogP contribution in [0.3, 0.4) is 0 Å². The molecule has 1 atom stereocenters. The molecule has 0 aliphatic carbocycles. The number of ether oxygens (including phenoxy) is 1. The Bertz CT molecular complexity index is 519. The van der Waals surface area contributed by atoms with E-state index in [-0.39, 0.29) is 6.04 Å². The van der Waals surface area contributed by atoms with Gasteiger partial charge in [-0.15, -0.1) is 0 Å². The quantitative estimate of drug-likeness (QED) is 0.832. The van der Waals surface area contributed by atoms with E-state index in [2.05, 4.69) is 37.4 Å². The lowest BCUT2D eigenvalue weighted by Crippen LogP contribution is -2.05. The van der Waals surface area contributed by atoms with Crippen LogP contribution in [-0.4, -0.2) is 16.4 Å². The lowest BCUT2D eigenvalue weighted by Gasteiger charge is -2.14. The monoisotopic (exact) mass is 273 g/mol. The van der Waals surface area contributed by atoms with Crippen molar-refractivity contribution in [1.82, 2.24) is 9.78 Å². The number of hydrogen-bond acceptors (Lipinski definition) is 3. The van der Waals surface area contributed by atoms with Gasteiger partial charge >= 0.3 is 0 Å². The van der Waals surface area contributed by atoms with Gasteiger partial charge in [-0.25, -0.2) is 0 Å². The number of aryl methyl sites for hydroxylation is 1. The van der Waals surface area contributed by atoms with Crippen molar-refractivity contribution < 1.29 is 4.74 Å². The Morgan fingerprint density at radius 3 is 2.60 bits per heavy atom. The molecule has 1 aromatic heterocycles. The van der Waals surface area contributed by atoms with Crippen molar-refractivity contribution in [2.45, 2.75) is 39.8 Å². The molecule has 0 aliphatic heterocycles. The molecule has 0 spiro atoms. The molecule has 2 rings (SSSR count). The molecule has 1 unspecified atom stereocenters. The van der Waals surface area contributed by atoms with Crippen LogP contribution in [0.2, 0.25) is 0 Å². The third-order valence-electron chi connectivity index (χ3n) is 3.19. The van der Waals surface area contributed by atoms with Crippen LogP contribution in [0, 0.1) is 0 Å². The van der Waals surface area contributed by atoms with Crippen LogP contribution < -0.4 is 10.1 Å². The summed E-state index contributed by atoms with van der Waals surface area (Å²) in [5.41, 5.74) is 2.28. The van der Waals surface area contributed by atoms with Gasteiger partial charge in [0.2, 0.25) is 0 Å². The maximum Gasteiger partial charge on any atom is 0.119 e. The number of aromatic nitrogens is 2. The topological polar surface area (TPSA) is 39.1 Å². The van der Waals surface area contributed by atoms with Crippen LogP contribution in [0.1, 0.15) is 38.8 Å². The van der Waals surface area contributed by atoms with Crippen molar-refractivity contribution >= 4 is 5.69 Å². The summed E-state index contributed by atoms with van der Waals surface area (Å²) >= 11 is 0. The Morgan fingerprint density at radius 2 is 2.00 bits per heavy atom. The summed E-state index contributed by atoms with van der Waals surface area (Å²) in [7, 11) is 0. The van der Waals surface area contributed by atoms with Crippen molar-refractivity contribution in [2.24, 2.45) is 0 Å². The van der Waals surface area contributed by atoms with Gasteiger partial charge < -0.3 is 10.1 Å². The van der Waals surface area contributed by atoms with Gasteiger partial charge in [0.1, 0.15) is 5.75 Å². The molecule has 2 aromatic rings. The van der Waals surface area contributed by atoms with Crippen molar-refractivity contribution in [3.8, 4) is 5.75 Å². The predicted octanol–water partition coefficient (Wildman–Crippen LogP) is 3.86. The number of hydrogen-bond donors (Lipinski definition) is 1. The number of benzene rings is 1. The summed E-state index contributed by atoms with van der Waals surface area (Å²) in [5, 5.41) is 7.77. The van der Waals surface area contributed by atoms with E-state index in [4.69, 9.17) is 4.74 Å². The first-order valence-electron chi connectivity index (χ1n) is 7.24. The van der Waals surface area contributed by atoms with E-state index in [0.29, 0.717) is 0 Å². The third-order valence-corrected chi connectivity index (χ3v) is 3.19. The van der Waals surface area contributed by atoms with Crippen molar-refractivity contribution in [3.63, 3.8) is 0 Å². The number of anilines is 1. The summed E-state index contributed by atoms with van der Waals surface area (Å²) in [6.07, 6.45) is 5.02. The molecular formula is C16H23N3O. The standard InChI is InChI=1S/C16H23N3O/c1-4-10-20-16-8-6-15(7-9-16)18-13(3)14-11-17-19(5-2)12-14/h6-9,11-13,18H,4-5,10H2,1-3H3. The van der Waals surface area contributed by atoms with Crippen LogP contribution >= 0.6 is 0 Å². The average molecular weight is 273 g/mol. The summed E-state index contributed by atoms with van der Waals surface area (Å²) < 4.78 is 7.52. The maximum atomic E-state index is 5.58. The van der Waals surface area contributed by atoms with Gasteiger partial charge in [0.15, 0.2) is 0 Å². The maximum absolute atomic E-state index is 5.58. The zero-order valence-electron chi connectivity index (χ0n) is 12.5. The van der Waals surface area contributed by atoms with Crippen LogP contribution in [0.25, 0.3) is 0 Å². The summed E-state index contributed by atoms with van der Waals surface area (Å²) in [6.45, 7) is 7.99. The molecule has 1 heterocycles. The van der Waals surface area contributed by atoms with E-state index in [9.17, 15) is 0 Å². The minimum atomic E-state index is 0.234. The molecule has 0 aliphatic rings. The van der Waals surface area contributed by atoms with Gasteiger partial charge in [-0.1, -0.05) is 6.92 Å². The molecule has 0 saturated heterocycles. The Hall–Kier alpha value is -1.97. The molecule has 1 aromatic carbocycles. The van der Waals surface area contributed by atoms with E-state index in [0.717, 1.165) is 31.0 Å². The minimum absolute atomic E-state index is 0.234. The highest BCUT2D eigenvalue weighted by Gasteiger charge is 2.07. The largest absolute Gasteiger partial charge is 0.494 e. The van der Waals surface area contributed by atoms with Gasteiger partial charge in [0.05, 0.1) is 18.8 Å². The van der Waals surface area contributed by atoms with E-state index in [1.165, 1.54) is 5.56 Å². The van der Waals surface area contributed by atoms with E-state index in [1.807, 2.05) is 35.1 Å². The predicted molar refractivity (Wildman–Crippen MR) is 82.2 cm³/mol. The second kappa shape index (κ2) is 6.98. The van der Waals surface area contributed by atoms with Gasteiger partial charge in [0, 0.05) is 24.0 Å². The second-order valence-corrected chi connectivity index (χ2v) is 4.87. The van der Waals surface area contributed by atoms with Gasteiger partial charge in [-0.3, -0.25) is 4.68 Å². The summed E-state index contributed by atoms with van der Waals surface area (Å²) in [4.78, 5) is 0. The highest BCUT2D eigenvalue weighted by Crippen LogP contribution is 2.21. The molecule has 0 saturated carbocycles. The van der Waals surface area contributed by atoms with Gasteiger partial charge in [-0.05, 0) is 44.5 Å². The fourth-order valence-corrected chi connectivity index (χ4v) is 1.98. The molecule has 4 heteroatoms. The Morgan fingerprint density at radius 1 is 1.25 bits per heavy atom. The van der Waals surface area contributed by atoms with Crippen molar-refractivity contribution in [2.75, 3.05) is 11.9 Å². The second-order valence-electron chi connectivity index (χ2n) is 4.87. The lowest BCUT2D eigenvalue weighted by atomic mass is 10.2. The molecule has 0 radical (unpaired) electrons. The molecule has 0 fully saturated rings. The molecule has 108 valence electrons.